The molecule has 1 aliphatic carbocycles. The number of aliphatic hydroxyl groups is 2. The molecule has 1 aliphatic heterocycles. The highest BCUT2D eigenvalue weighted by Crippen LogP contribution is 2.44. The summed E-state index contributed by atoms with van der Waals surface area (Å²) in [6.45, 7) is 0.319. The van der Waals surface area contributed by atoms with E-state index in [9.17, 15) is 10.2 Å². The van der Waals surface area contributed by atoms with Gasteiger partial charge in [0.1, 0.15) is 12.2 Å². The maximum Gasteiger partial charge on any atom is 0.113 e. The van der Waals surface area contributed by atoms with Crippen molar-refractivity contribution in [1.82, 2.24) is 0 Å². The van der Waals surface area contributed by atoms with E-state index in [1.54, 1.807) is 0 Å². The van der Waals surface area contributed by atoms with Crippen LogP contribution in [0.1, 0.15) is 12.0 Å². The first-order chi connectivity index (χ1) is 8.79. The standard InChI is InChI=1S/C14H18O4/c15-7-12-14(13(16)10-6-11(10)18-12)17-8-9-4-2-1-3-5-9/h1-5,10-16H,6-8H2. The number of aliphatic hydroxyl groups excluding tert-OH is 2. The van der Waals surface area contributed by atoms with Crippen LogP contribution in [0.5, 0.6) is 0 Å². The predicted molar refractivity (Wildman–Crippen MR) is 64.9 cm³/mol. The maximum atomic E-state index is 10.1. The summed E-state index contributed by atoms with van der Waals surface area (Å²) in [6, 6.07) is 9.81. The Bertz CT molecular complexity index is 394. The van der Waals surface area contributed by atoms with E-state index in [0.717, 1.165) is 12.0 Å². The van der Waals surface area contributed by atoms with Crippen molar-refractivity contribution in [3.8, 4) is 0 Å². The van der Waals surface area contributed by atoms with Crippen molar-refractivity contribution >= 4 is 0 Å². The number of ether oxygens (including phenoxy) is 2. The molecule has 2 fully saturated rings. The second kappa shape index (κ2) is 4.97. The second-order valence-electron chi connectivity index (χ2n) is 5.05. The minimum atomic E-state index is -0.524. The van der Waals surface area contributed by atoms with Crippen molar-refractivity contribution in [1.29, 1.82) is 0 Å². The lowest BCUT2D eigenvalue weighted by atomic mass is 10.0. The topological polar surface area (TPSA) is 58.9 Å². The van der Waals surface area contributed by atoms with Crippen molar-refractivity contribution in [3.05, 3.63) is 35.9 Å². The number of hydrogen-bond donors (Lipinski definition) is 2. The lowest BCUT2D eigenvalue weighted by molar-refractivity contribution is -0.178. The van der Waals surface area contributed by atoms with Gasteiger partial charge in [0.25, 0.3) is 0 Å². The van der Waals surface area contributed by atoms with Crippen LogP contribution >= 0.6 is 0 Å². The van der Waals surface area contributed by atoms with Gasteiger partial charge in [-0.15, -0.1) is 0 Å². The zero-order valence-electron chi connectivity index (χ0n) is 10.1. The van der Waals surface area contributed by atoms with Gasteiger partial charge in [0, 0.05) is 5.92 Å². The molecule has 5 atom stereocenters. The quantitative estimate of drug-likeness (QED) is 0.826. The maximum absolute atomic E-state index is 10.1. The Hall–Kier alpha value is -0.940. The Kier molecular flexibility index (Phi) is 3.35. The van der Waals surface area contributed by atoms with E-state index in [1.165, 1.54) is 0 Å². The summed E-state index contributed by atoms with van der Waals surface area (Å²) >= 11 is 0. The van der Waals surface area contributed by atoms with E-state index in [1.807, 2.05) is 30.3 Å². The van der Waals surface area contributed by atoms with E-state index in [4.69, 9.17) is 9.47 Å². The summed E-state index contributed by atoms with van der Waals surface area (Å²) in [7, 11) is 0. The molecule has 2 aliphatic rings. The molecule has 18 heavy (non-hydrogen) atoms. The molecule has 4 heteroatoms. The Morgan fingerprint density at radius 3 is 2.78 bits per heavy atom. The van der Waals surface area contributed by atoms with Crippen LogP contribution in [0.3, 0.4) is 0 Å². The molecule has 1 aromatic carbocycles. The van der Waals surface area contributed by atoms with Gasteiger partial charge < -0.3 is 19.7 Å². The van der Waals surface area contributed by atoms with Crippen molar-refractivity contribution in [2.45, 2.75) is 37.4 Å². The van der Waals surface area contributed by atoms with Crippen LogP contribution in [0.25, 0.3) is 0 Å². The molecule has 1 saturated carbocycles. The van der Waals surface area contributed by atoms with E-state index in [-0.39, 0.29) is 18.6 Å². The zero-order valence-corrected chi connectivity index (χ0v) is 10.1. The predicted octanol–water partition coefficient (Wildman–Crippen LogP) is 0.712. The Morgan fingerprint density at radius 2 is 2.06 bits per heavy atom. The molecular weight excluding hydrogens is 232 g/mol. The van der Waals surface area contributed by atoms with Gasteiger partial charge in [-0.05, 0) is 12.0 Å². The highest BCUT2D eigenvalue weighted by Gasteiger charge is 2.54. The van der Waals surface area contributed by atoms with Gasteiger partial charge in [-0.25, -0.2) is 0 Å². The smallest absolute Gasteiger partial charge is 0.113 e. The fraction of sp³-hybridized carbons (Fsp3) is 0.571. The average Bonchev–Trinajstić information content (AvgIpc) is 3.18. The highest BCUT2D eigenvalue weighted by molar-refractivity contribution is 5.13. The van der Waals surface area contributed by atoms with Gasteiger partial charge in [0.2, 0.25) is 0 Å². The third kappa shape index (κ3) is 2.29. The molecular formula is C14H18O4. The third-order valence-corrected chi connectivity index (χ3v) is 3.74. The van der Waals surface area contributed by atoms with Crippen molar-refractivity contribution in [3.63, 3.8) is 0 Å². The molecule has 2 N–H and O–H groups in total. The molecule has 1 aromatic rings. The van der Waals surface area contributed by atoms with Crippen molar-refractivity contribution in [2.24, 2.45) is 5.92 Å². The number of hydrogen-bond acceptors (Lipinski definition) is 4. The summed E-state index contributed by atoms with van der Waals surface area (Å²) in [6.07, 6.45) is -0.368. The first-order valence-corrected chi connectivity index (χ1v) is 6.39. The highest BCUT2D eigenvalue weighted by atomic mass is 16.6. The van der Waals surface area contributed by atoms with E-state index >= 15 is 0 Å². The molecule has 3 rings (SSSR count). The number of rotatable bonds is 4. The van der Waals surface area contributed by atoms with Crippen molar-refractivity contribution < 1.29 is 19.7 Å². The molecule has 0 radical (unpaired) electrons. The fourth-order valence-electron chi connectivity index (χ4n) is 2.59. The molecule has 4 nitrogen and oxygen atoms in total. The molecule has 0 spiro atoms. The molecule has 1 saturated heterocycles. The molecule has 98 valence electrons. The average molecular weight is 250 g/mol. The van der Waals surface area contributed by atoms with Crippen LogP contribution < -0.4 is 0 Å². The lowest BCUT2D eigenvalue weighted by Crippen LogP contribution is -2.48. The van der Waals surface area contributed by atoms with Gasteiger partial charge in [0.05, 0.1) is 25.4 Å². The molecule has 0 bridgehead atoms. The molecule has 0 amide bonds. The number of benzene rings is 1. The zero-order chi connectivity index (χ0) is 12.5. The van der Waals surface area contributed by atoms with E-state index in [2.05, 4.69) is 0 Å². The Balaban J connectivity index is 1.63. The van der Waals surface area contributed by atoms with E-state index < -0.39 is 18.3 Å². The molecule has 0 aromatic heterocycles. The monoisotopic (exact) mass is 250 g/mol. The van der Waals surface area contributed by atoms with Gasteiger partial charge in [-0.3, -0.25) is 0 Å². The van der Waals surface area contributed by atoms with Gasteiger partial charge in [-0.2, -0.15) is 0 Å². The third-order valence-electron chi connectivity index (χ3n) is 3.74. The summed E-state index contributed by atoms with van der Waals surface area (Å²) in [5, 5.41) is 19.4. The summed E-state index contributed by atoms with van der Waals surface area (Å²) < 4.78 is 11.4. The fourth-order valence-corrected chi connectivity index (χ4v) is 2.59. The van der Waals surface area contributed by atoms with Crippen LogP contribution in [-0.2, 0) is 16.1 Å². The van der Waals surface area contributed by atoms with Gasteiger partial charge in [-0.1, -0.05) is 30.3 Å². The van der Waals surface area contributed by atoms with Gasteiger partial charge >= 0.3 is 0 Å². The second-order valence-corrected chi connectivity index (χ2v) is 5.05. The first-order valence-electron chi connectivity index (χ1n) is 6.39. The van der Waals surface area contributed by atoms with Crippen LogP contribution in [-0.4, -0.2) is 41.2 Å². The summed E-state index contributed by atoms with van der Waals surface area (Å²) in [5.74, 6) is 0.188. The summed E-state index contributed by atoms with van der Waals surface area (Å²) in [5.41, 5.74) is 1.05. The van der Waals surface area contributed by atoms with Crippen LogP contribution in [0.15, 0.2) is 30.3 Å². The Morgan fingerprint density at radius 1 is 1.28 bits per heavy atom. The van der Waals surface area contributed by atoms with E-state index in [0.29, 0.717) is 6.61 Å². The molecule has 1 heterocycles. The van der Waals surface area contributed by atoms with Crippen LogP contribution in [0.4, 0.5) is 0 Å². The SMILES string of the molecule is OCC1OC2CC2C(O)C1OCc1ccccc1. The largest absolute Gasteiger partial charge is 0.394 e. The lowest BCUT2D eigenvalue weighted by Gasteiger charge is -2.34. The minimum Gasteiger partial charge on any atom is -0.394 e. The van der Waals surface area contributed by atoms with Crippen molar-refractivity contribution in [2.75, 3.05) is 6.61 Å². The number of fused-ring (bicyclic) bond motifs is 1. The Labute approximate surface area is 106 Å². The molecule has 5 unspecified atom stereocenters. The normalized spacial score (nSPS) is 38.2. The first kappa shape index (κ1) is 12.1. The minimum absolute atomic E-state index is 0.111. The van der Waals surface area contributed by atoms with Crippen LogP contribution in [0.2, 0.25) is 0 Å². The van der Waals surface area contributed by atoms with Gasteiger partial charge in [0.15, 0.2) is 0 Å². The summed E-state index contributed by atoms with van der Waals surface area (Å²) in [4.78, 5) is 0. The van der Waals surface area contributed by atoms with Crippen LogP contribution in [0, 0.1) is 5.92 Å².